The zero-order valence-electron chi connectivity index (χ0n) is 19.5. The van der Waals surface area contributed by atoms with Gasteiger partial charge in [-0.1, -0.05) is 6.42 Å². The first-order valence-electron chi connectivity index (χ1n) is 11.8. The number of amides is 2. The summed E-state index contributed by atoms with van der Waals surface area (Å²) in [5.74, 6) is -1.26. The first-order chi connectivity index (χ1) is 16.3. The molecule has 0 aliphatic carbocycles. The quantitative estimate of drug-likeness (QED) is 0.635. The van der Waals surface area contributed by atoms with Crippen molar-refractivity contribution in [2.45, 2.75) is 44.6 Å². The van der Waals surface area contributed by atoms with Crippen molar-refractivity contribution in [3.05, 3.63) is 59.4 Å². The normalized spacial score (nSPS) is 18.4. The molecule has 2 aromatic carbocycles. The summed E-state index contributed by atoms with van der Waals surface area (Å²) in [4.78, 5) is 41.9. The number of anilines is 2. The molecule has 0 saturated carbocycles. The lowest BCUT2D eigenvalue weighted by Crippen LogP contribution is -2.63. The number of carbonyl (C=O) groups excluding carboxylic acids is 3. The van der Waals surface area contributed by atoms with E-state index in [1.54, 1.807) is 12.1 Å². The highest BCUT2D eigenvalue weighted by atomic mass is 19.1. The number of piperidine rings is 2. The third-order valence-corrected chi connectivity index (χ3v) is 7.11. The minimum Gasteiger partial charge on any atom is -0.371 e. The zero-order chi connectivity index (χ0) is 24.3. The summed E-state index contributed by atoms with van der Waals surface area (Å²) in [5.41, 5.74) is 7.26. The highest BCUT2D eigenvalue weighted by Crippen LogP contribution is 2.34. The van der Waals surface area contributed by atoms with E-state index in [9.17, 15) is 18.8 Å². The molecule has 0 spiro atoms. The molecule has 0 unspecified atom stereocenters. The second-order valence-corrected chi connectivity index (χ2v) is 9.18. The summed E-state index contributed by atoms with van der Waals surface area (Å²) < 4.78 is 13.2. The largest absolute Gasteiger partial charge is 0.371 e. The molecule has 8 heteroatoms. The van der Waals surface area contributed by atoms with Crippen molar-refractivity contribution in [2.75, 3.05) is 36.4 Å². The van der Waals surface area contributed by atoms with Crippen LogP contribution in [0.3, 0.4) is 0 Å². The number of ketones is 1. The van der Waals surface area contributed by atoms with Gasteiger partial charge in [-0.2, -0.15) is 0 Å². The number of halogens is 1. The maximum Gasteiger partial charge on any atom is 0.255 e. The van der Waals surface area contributed by atoms with Crippen molar-refractivity contribution in [1.29, 1.82) is 0 Å². The van der Waals surface area contributed by atoms with Gasteiger partial charge in [-0.05, 0) is 88.2 Å². The maximum absolute atomic E-state index is 13.2. The summed E-state index contributed by atoms with van der Waals surface area (Å²) in [7, 11) is 0. The number of primary amides is 1. The van der Waals surface area contributed by atoms with E-state index in [0.717, 1.165) is 31.6 Å². The average molecular weight is 467 g/mol. The smallest absolute Gasteiger partial charge is 0.255 e. The summed E-state index contributed by atoms with van der Waals surface area (Å²) in [5, 5.41) is 2.76. The summed E-state index contributed by atoms with van der Waals surface area (Å²) >= 11 is 0. The van der Waals surface area contributed by atoms with E-state index in [1.807, 2.05) is 6.07 Å². The van der Waals surface area contributed by atoms with Crippen LogP contribution in [0.25, 0.3) is 0 Å². The van der Waals surface area contributed by atoms with Crippen LogP contribution < -0.4 is 16.0 Å². The van der Waals surface area contributed by atoms with Gasteiger partial charge in [0.2, 0.25) is 5.91 Å². The monoisotopic (exact) mass is 466 g/mol. The number of rotatable bonds is 6. The summed E-state index contributed by atoms with van der Waals surface area (Å²) in [6, 6.07) is 10.6. The number of hydrogen-bond donors (Lipinski definition) is 2. The van der Waals surface area contributed by atoms with Crippen molar-refractivity contribution in [3.63, 3.8) is 0 Å². The van der Waals surface area contributed by atoms with Crippen LogP contribution in [-0.2, 0) is 4.79 Å². The zero-order valence-corrected chi connectivity index (χ0v) is 19.5. The molecule has 0 bridgehead atoms. The fourth-order valence-electron chi connectivity index (χ4n) is 5.10. The number of nitrogens with one attached hydrogen (secondary N) is 1. The van der Waals surface area contributed by atoms with Crippen molar-refractivity contribution < 1.29 is 18.8 Å². The fourth-order valence-corrected chi connectivity index (χ4v) is 5.10. The topological polar surface area (TPSA) is 95.7 Å². The van der Waals surface area contributed by atoms with E-state index in [1.165, 1.54) is 37.6 Å². The minimum absolute atomic E-state index is 0.173. The molecule has 3 N–H and O–H groups in total. The Bertz CT molecular complexity index is 1070. The van der Waals surface area contributed by atoms with Gasteiger partial charge in [-0.15, -0.1) is 0 Å². The Morgan fingerprint density at radius 1 is 0.941 bits per heavy atom. The maximum atomic E-state index is 13.2. The van der Waals surface area contributed by atoms with Gasteiger partial charge in [0.15, 0.2) is 5.78 Å². The summed E-state index contributed by atoms with van der Waals surface area (Å²) in [6.45, 7) is 4.56. The Morgan fingerprint density at radius 3 is 2.18 bits per heavy atom. The number of hydrogen-bond acceptors (Lipinski definition) is 5. The van der Waals surface area contributed by atoms with Crippen molar-refractivity contribution >= 4 is 29.0 Å². The number of likely N-dealkylation sites (tertiary alicyclic amines) is 1. The van der Waals surface area contributed by atoms with Gasteiger partial charge in [-0.25, -0.2) is 4.39 Å². The molecular weight excluding hydrogens is 435 g/mol. The number of Topliss-reactive ketones (excluding diaryl/α,β-unsaturated/α-hetero) is 1. The molecule has 2 aliphatic heterocycles. The second kappa shape index (κ2) is 9.93. The molecule has 0 radical (unpaired) electrons. The average Bonchev–Trinajstić information content (AvgIpc) is 2.85. The van der Waals surface area contributed by atoms with Crippen molar-refractivity contribution in [1.82, 2.24) is 4.90 Å². The summed E-state index contributed by atoms with van der Waals surface area (Å²) in [6.07, 6.45) is 4.65. The van der Waals surface area contributed by atoms with Gasteiger partial charge in [0, 0.05) is 29.9 Å². The van der Waals surface area contributed by atoms with Crippen molar-refractivity contribution in [3.8, 4) is 0 Å². The molecule has 180 valence electrons. The second-order valence-electron chi connectivity index (χ2n) is 9.18. The van der Waals surface area contributed by atoms with E-state index in [2.05, 4.69) is 15.1 Å². The van der Waals surface area contributed by atoms with E-state index in [0.29, 0.717) is 42.7 Å². The Balaban J connectivity index is 1.50. The fraction of sp³-hybridized carbons (Fsp3) is 0.423. The lowest BCUT2D eigenvalue weighted by atomic mass is 9.83. The molecule has 34 heavy (non-hydrogen) atoms. The highest BCUT2D eigenvalue weighted by molar-refractivity contribution is 6.09. The molecule has 4 rings (SSSR count). The van der Waals surface area contributed by atoms with Crippen LogP contribution in [0.2, 0.25) is 0 Å². The Labute approximate surface area is 199 Å². The molecule has 2 heterocycles. The van der Waals surface area contributed by atoms with Gasteiger partial charge in [0.05, 0.1) is 5.69 Å². The van der Waals surface area contributed by atoms with Crippen LogP contribution in [0.15, 0.2) is 42.5 Å². The van der Waals surface area contributed by atoms with Crippen LogP contribution in [0, 0.1) is 5.82 Å². The van der Waals surface area contributed by atoms with Crippen LogP contribution in [0.5, 0.6) is 0 Å². The molecule has 0 atom stereocenters. The molecule has 2 aliphatic rings. The van der Waals surface area contributed by atoms with E-state index >= 15 is 0 Å². The first kappa shape index (κ1) is 23.9. The standard InChI is InChI=1S/C26H31FN4O3/c1-18(32)22-17-21(9-10-23(22)29-24(33)19-5-7-20(27)8-6-19)30-15-11-26(12-16-30,25(28)34)31-13-3-2-4-14-31/h5-10,17H,2-4,11-16H2,1H3,(H2,28,34)(H,29,33). The highest BCUT2D eigenvalue weighted by Gasteiger charge is 2.45. The van der Waals surface area contributed by atoms with Gasteiger partial charge in [0.1, 0.15) is 11.4 Å². The number of benzene rings is 2. The number of nitrogens with zero attached hydrogens (tertiary/aromatic N) is 2. The third kappa shape index (κ3) is 4.82. The molecule has 2 saturated heterocycles. The SMILES string of the molecule is CC(=O)c1cc(N2CCC(C(N)=O)(N3CCCCC3)CC2)ccc1NC(=O)c1ccc(F)cc1. The van der Waals surface area contributed by atoms with Crippen molar-refractivity contribution in [2.24, 2.45) is 5.73 Å². The van der Waals surface area contributed by atoms with E-state index < -0.39 is 17.3 Å². The van der Waals surface area contributed by atoms with E-state index in [-0.39, 0.29) is 11.7 Å². The molecule has 2 amide bonds. The van der Waals surface area contributed by atoms with Crippen LogP contribution >= 0.6 is 0 Å². The van der Waals surface area contributed by atoms with Crippen LogP contribution in [0.4, 0.5) is 15.8 Å². The van der Waals surface area contributed by atoms with Gasteiger partial charge >= 0.3 is 0 Å². The number of nitrogens with two attached hydrogens (primary N) is 1. The van der Waals surface area contributed by atoms with Gasteiger partial charge in [-0.3, -0.25) is 19.3 Å². The predicted octanol–water partition coefficient (Wildman–Crippen LogP) is 3.59. The molecular formula is C26H31FN4O3. The number of carbonyl (C=O) groups is 3. The molecule has 0 aromatic heterocycles. The van der Waals surface area contributed by atoms with Gasteiger partial charge < -0.3 is 16.0 Å². The van der Waals surface area contributed by atoms with Gasteiger partial charge in [0.25, 0.3) is 5.91 Å². The van der Waals surface area contributed by atoms with E-state index in [4.69, 9.17) is 5.73 Å². The van der Waals surface area contributed by atoms with Crippen LogP contribution in [-0.4, -0.2) is 54.2 Å². The Kier molecular flexibility index (Phi) is 6.97. The predicted molar refractivity (Wildman–Crippen MR) is 130 cm³/mol. The Morgan fingerprint density at radius 2 is 1.59 bits per heavy atom. The molecule has 2 aromatic rings. The molecule has 7 nitrogen and oxygen atoms in total. The lowest BCUT2D eigenvalue weighted by molar-refractivity contribution is -0.132. The Hall–Kier alpha value is -3.26. The lowest BCUT2D eigenvalue weighted by Gasteiger charge is -2.48. The minimum atomic E-state index is -0.608. The third-order valence-electron chi connectivity index (χ3n) is 7.11. The first-order valence-corrected chi connectivity index (χ1v) is 11.8. The van der Waals surface area contributed by atoms with Crippen LogP contribution in [0.1, 0.15) is 59.7 Å². The molecule has 2 fully saturated rings.